The molecule has 3 aromatic carbocycles. The summed E-state index contributed by atoms with van der Waals surface area (Å²) in [6.07, 6.45) is 3.54. The number of nitrogens with zero attached hydrogens (tertiary/aromatic N) is 1. The zero-order valence-corrected chi connectivity index (χ0v) is 22.3. The van der Waals surface area contributed by atoms with Gasteiger partial charge in [-0.1, -0.05) is 70.2 Å². The Bertz CT molecular complexity index is 1520. The molecule has 1 saturated heterocycles. The fourth-order valence-electron chi connectivity index (χ4n) is 4.63. The van der Waals surface area contributed by atoms with Crippen molar-refractivity contribution in [2.75, 3.05) is 0 Å². The van der Waals surface area contributed by atoms with E-state index in [1.165, 1.54) is 4.90 Å². The number of aromatic nitrogens is 1. The first kappa shape index (κ1) is 25.4. The molecule has 7 heteroatoms. The summed E-state index contributed by atoms with van der Waals surface area (Å²) in [5, 5.41) is 13.8. The van der Waals surface area contributed by atoms with Crippen molar-refractivity contribution in [2.45, 2.75) is 26.1 Å². The van der Waals surface area contributed by atoms with Crippen LogP contribution in [0.1, 0.15) is 33.9 Å². The first-order chi connectivity index (χ1) is 18.4. The first-order valence-electron chi connectivity index (χ1n) is 12.2. The van der Waals surface area contributed by atoms with E-state index in [4.69, 9.17) is 4.74 Å². The number of H-pyrrole nitrogens is 1. The minimum Gasteiger partial charge on any atom is -0.872 e. The summed E-state index contributed by atoms with van der Waals surface area (Å²) in [6, 6.07) is 25.1. The number of ether oxygens (including phenoxy) is 1. The molecule has 190 valence electrons. The highest BCUT2D eigenvalue weighted by atomic mass is 79.9. The summed E-state index contributed by atoms with van der Waals surface area (Å²) in [5.41, 5.74) is 3.58. The van der Waals surface area contributed by atoms with E-state index in [0.717, 1.165) is 21.2 Å². The zero-order valence-electron chi connectivity index (χ0n) is 20.7. The first-order valence-corrected chi connectivity index (χ1v) is 13.0. The predicted molar refractivity (Wildman–Crippen MR) is 144 cm³/mol. The van der Waals surface area contributed by atoms with Crippen LogP contribution in [-0.4, -0.2) is 16.6 Å². The van der Waals surface area contributed by atoms with Crippen molar-refractivity contribution in [2.24, 2.45) is 0 Å². The lowest BCUT2D eigenvalue weighted by Gasteiger charge is -2.27. The summed E-state index contributed by atoms with van der Waals surface area (Å²) in [5.74, 6) is -1.29. The third kappa shape index (κ3) is 5.24. The molecule has 1 fully saturated rings. The van der Waals surface area contributed by atoms with Crippen LogP contribution in [0.4, 0.5) is 0 Å². The molecule has 1 atom stereocenters. The monoisotopic (exact) mass is 568 g/mol. The van der Waals surface area contributed by atoms with E-state index in [-0.39, 0.29) is 12.1 Å². The topological polar surface area (TPSA) is 83.8 Å². The highest BCUT2D eigenvalue weighted by Gasteiger charge is 2.44. The smallest absolute Gasteiger partial charge is 0.295 e. The number of benzene rings is 3. The van der Waals surface area contributed by atoms with E-state index in [2.05, 4.69) is 20.9 Å². The Kier molecular flexibility index (Phi) is 7.38. The van der Waals surface area contributed by atoms with Crippen LogP contribution in [0.25, 0.3) is 5.76 Å². The molecule has 2 heterocycles. The third-order valence-electron chi connectivity index (χ3n) is 6.49. The van der Waals surface area contributed by atoms with Crippen LogP contribution in [0.15, 0.2) is 107 Å². The van der Waals surface area contributed by atoms with E-state index in [1.54, 1.807) is 30.6 Å². The number of aromatic amines is 1. The van der Waals surface area contributed by atoms with Gasteiger partial charge < -0.3 is 14.7 Å². The lowest BCUT2D eigenvalue weighted by Crippen LogP contribution is -2.29. The maximum atomic E-state index is 13.8. The van der Waals surface area contributed by atoms with Gasteiger partial charge in [-0.05, 0) is 59.5 Å². The quantitative estimate of drug-likeness (QED) is 0.186. The highest BCUT2D eigenvalue weighted by molar-refractivity contribution is 9.10. The van der Waals surface area contributed by atoms with Crippen molar-refractivity contribution in [3.63, 3.8) is 0 Å². The standard InChI is InChI=1S/C31H25BrN2O4/c1-20-15-24(12-13-26(20)38-19-21-7-3-2-4-8-21)29(35)27-28(23-10-5-11-25(32)16-23)34(31(37)30(27)36)18-22-9-6-14-33-17-22/h2-17,28,35H,18-19H2,1H3. The SMILES string of the molecule is Cc1cc(C([O-])=C2C(=O)C(=O)N(Cc3ccc[nH+]c3)C2c2cccc(Br)c2)ccc1OCc1ccccc1. The van der Waals surface area contributed by atoms with Crippen LogP contribution in [0.3, 0.4) is 0 Å². The second kappa shape index (κ2) is 11.0. The molecular formula is C31H25BrN2O4. The van der Waals surface area contributed by atoms with Gasteiger partial charge in [-0.2, -0.15) is 0 Å². The number of Topliss-reactive ketones (excluding diaryl/α,β-unsaturated/α-hetero) is 1. The fraction of sp³-hybridized carbons (Fsp3) is 0.129. The number of nitrogens with one attached hydrogen (secondary N) is 1. The van der Waals surface area contributed by atoms with Crippen LogP contribution in [0, 0.1) is 6.92 Å². The number of likely N-dealkylation sites (tertiary alicyclic amines) is 1. The van der Waals surface area contributed by atoms with Crippen LogP contribution in [0.2, 0.25) is 0 Å². The van der Waals surface area contributed by atoms with Gasteiger partial charge in [0.05, 0.1) is 12.6 Å². The molecule has 0 radical (unpaired) electrons. The van der Waals surface area contributed by atoms with Crippen molar-refractivity contribution in [3.05, 3.63) is 135 Å². The van der Waals surface area contributed by atoms with E-state index >= 15 is 0 Å². The van der Waals surface area contributed by atoms with Crippen LogP contribution in [-0.2, 0) is 22.7 Å². The van der Waals surface area contributed by atoms with Gasteiger partial charge in [0, 0.05) is 21.7 Å². The molecule has 38 heavy (non-hydrogen) atoms. The molecule has 1 aliphatic rings. The zero-order chi connectivity index (χ0) is 26.6. The molecule has 1 aliphatic heterocycles. The molecular weight excluding hydrogens is 544 g/mol. The van der Waals surface area contributed by atoms with Crippen molar-refractivity contribution < 1.29 is 24.4 Å². The summed E-state index contributed by atoms with van der Waals surface area (Å²) >= 11 is 3.48. The van der Waals surface area contributed by atoms with Crippen molar-refractivity contribution in [3.8, 4) is 5.75 Å². The Labute approximate surface area is 229 Å². The van der Waals surface area contributed by atoms with Crippen LogP contribution in [0.5, 0.6) is 5.75 Å². The number of hydrogen-bond acceptors (Lipinski definition) is 4. The minimum atomic E-state index is -0.811. The van der Waals surface area contributed by atoms with Crippen LogP contribution < -0.4 is 14.8 Å². The summed E-state index contributed by atoms with van der Waals surface area (Å²) in [6.45, 7) is 2.44. The molecule has 4 aromatic rings. The molecule has 0 bridgehead atoms. The van der Waals surface area contributed by atoms with E-state index in [0.29, 0.717) is 23.5 Å². The predicted octanol–water partition coefficient (Wildman–Crippen LogP) is 4.57. The summed E-state index contributed by atoms with van der Waals surface area (Å²) in [7, 11) is 0. The Morgan fingerprint density at radius 2 is 1.76 bits per heavy atom. The molecule has 5 rings (SSSR count). The number of carbonyl (C=O) groups excluding carboxylic acids is 2. The van der Waals surface area contributed by atoms with Gasteiger partial charge in [0.15, 0.2) is 12.4 Å². The summed E-state index contributed by atoms with van der Waals surface area (Å²) < 4.78 is 6.74. The van der Waals surface area contributed by atoms with Gasteiger partial charge in [-0.15, -0.1) is 0 Å². The average molecular weight is 569 g/mol. The Hall–Kier alpha value is -4.23. The number of carbonyl (C=O) groups is 2. The second-order valence-corrected chi connectivity index (χ2v) is 10.0. The summed E-state index contributed by atoms with van der Waals surface area (Å²) in [4.78, 5) is 31.0. The fourth-order valence-corrected chi connectivity index (χ4v) is 5.04. The number of halogens is 1. The number of aryl methyl sites for hydroxylation is 1. The number of hydrogen-bond donors (Lipinski definition) is 0. The number of ketones is 1. The minimum absolute atomic E-state index is 0.0506. The molecule has 1 unspecified atom stereocenters. The number of amides is 1. The Balaban J connectivity index is 1.52. The molecule has 0 spiro atoms. The van der Waals surface area contributed by atoms with Gasteiger partial charge in [0.1, 0.15) is 12.4 Å². The Morgan fingerprint density at radius 3 is 2.47 bits per heavy atom. The maximum Gasteiger partial charge on any atom is 0.295 e. The molecule has 1 N–H and O–H groups in total. The molecule has 0 saturated carbocycles. The molecule has 1 amide bonds. The van der Waals surface area contributed by atoms with Gasteiger partial charge in [-0.25, -0.2) is 4.98 Å². The molecule has 0 aliphatic carbocycles. The largest absolute Gasteiger partial charge is 0.872 e. The normalized spacial score (nSPS) is 16.6. The average Bonchev–Trinajstić information content (AvgIpc) is 3.18. The Morgan fingerprint density at radius 1 is 0.974 bits per heavy atom. The van der Waals surface area contributed by atoms with E-state index in [9.17, 15) is 14.7 Å². The van der Waals surface area contributed by atoms with Crippen molar-refractivity contribution >= 4 is 33.4 Å². The van der Waals surface area contributed by atoms with E-state index < -0.39 is 23.5 Å². The van der Waals surface area contributed by atoms with Crippen LogP contribution >= 0.6 is 15.9 Å². The van der Waals surface area contributed by atoms with Crippen molar-refractivity contribution in [1.29, 1.82) is 0 Å². The van der Waals surface area contributed by atoms with Gasteiger partial charge in [0.2, 0.25) is 5.78 Å². The number of rotatable bonds is 7. The molecule has 6 nitrogen and oxygen atoms in total. The lowest BCUT2D eigenvalue weighted by atomic mass is 9.94. The van der Waals surface area contributed by atoms with Gasteiger partial charge in [-0.3, -0.25) is 9.59 Å². The van der Waals surface area contributed by atoms with Gasteiger partial charge >= 0.3 is 0 Å². The molecule has 1 aromatic heterocycles. The lowest BCUT2D eigenvalue weighted by molar-refractivity contribution is -0.378. The van der Waals surface area contributed by atoms with E-state index in [1.807, 2.05) is 73.7 Å². The third-order valence-corrected chi connectivity index (χ3v) is 6.99. The van der Waals surface area contributed by atoms with Gasteiger partial charge in [0.25, 0.3) is 5.91 Å². The second-order valence-electron chi connectivity index (χ2n) is 9.13. The van der Waals surface area contributed by atoms with Crippen molar-refractivity contribution in [1.82, 2.24) is 4.90 Å². The maximum absolute atomic E-state index is 13.8. The number of pyridine rings is 1. The highest BCUT2D eigenvalue weighted by Crippen LogP contribution is 2.40.